The van der Waals surface area contributed by atoms with Gasteiger partial charge in [-0.2, -0.15) is 0 Å². The second-order valence-electron chi connectivity index (χ2n) is 18.0. The number of imidazole rings is 1. The maximum absolute atomic E-state index is 8.78. The zero-order chi connectivity index (χ0) is 55.3. The third-order valence-electron chi connectivity index (χ3n) is 13.8. The molecule has 0 unspecified atom stereocenters. The molecule has 0 saturated heterocycles. The van der Waals surface area contributed by atoms with Gasteiger partial charge in [-0.1, -0.05) is 176 Å². The van der Waals surface area contributed by atoms with E-state index in [4.69, 9.17) is 20.7 Å². The number of aromatic nitrogens is 5. The molecule has 344 valence electrons. The van der Waals surface area contributed by atoms with Crippen molar-refractivity contribution in [2.75, 3.05) is 0 Å². The number of para-hydroxylation sites is 5. The van der Waals surface area contributed by atoms with Crippen LogP contribution in [0.25, 0.3) is 111 Å². The van der Waals surface area contributed by atoms with E-state index in [0.717, 1.165) is 88.4 Å². The maximum atomic E-state index is 8.78. The molecule has 6 heteroatoms. The van der Waals surface area contributed by atoms with Crippen LogP contribution >= 0.6 is 0 Å². The van der Waals surface area contributed by atoms with Crippen molar-refractivity contribution in [3.8, 4) is 67.8 Å². The molecule has 6 nitrogen and oxygen atoms in total. The van der Waals surface area contributed by atoms with Crippen molar-refractivity contribution in [1.82, 2.24) is 18.7 Å². The monoisotopic (exact) mass is 943 g/mol. The Labute approximate surface area is 433 Å². The quantitative estimate of drug-likeness (QED) is 0.107. The molecule has 14 rings (SSSR count). The highest BCUT2D eigenvalue weighted by molar-refractivity contribution is 6.12. The third kappa shape index (κ3) is 7.10. The molecule has 4 heterocycles. The van der Waals surface area contributed by atoms with Crippen molar-refractivity contribution in [2.24, 2.45) is 0 Å². The number of nitrogens with zero attached hydrogens (tertiary/aromatic N) is 5. The van der Waals surface area contributed by atoms with Gasteiger partial charge in [-0.25, -0.2) is 4.98 Å². The number of hydrogen-bond acceptors (Lipinski definition) is 2. The van der Waals surface area contributed by atoms with Gasteiger partial charge in [0.2, 0.25) is 0 Å². The highest BCUT2D eigenvalue weighted by Crippen LogP contribution is 2.40. The molecule has 0 N–H and O–H groups in total. The molecular formula is C67H45N5O. The highest BCUT2D eigenvalue weighted by Gasteiger charge is 2.22. The lowest BCUT2D eigenvalue weighted by Crippen LogP contribution is -2.31. The lowest BCUT2D eigenvalue weighted by Gasteiger charge is -2.17. The smallest absolute Gasteiger partial charge is 0.269 e. The van der Waals surface area contributed by atoms with Crippen molar-refractivity contribution in [3.63, 3.8) is 0 Å². The van der Waals surface area contributed by atoms with E-state index in [2.05, 4.69) is 129 Å². The molecule has 0 spiro atoms. The number of fused-ring (bicyclic) bond motifs is 7. The number of rotatable bonds is 9. The minimum atomic E-state index is -2.78. The fraction of sp³-hybridized carbons (Fsp3) is 0.0149. The molecule has 0 bridgehead atoms. The fourth-order valence-electron chi connectivity index (χ4n) is 10.5. The van der Waals surface area contributed by atoms with E-state index in [1.165, 1.54) is 12.3 Å². The van der Waals surface area contributed by atoms with Crippen molar-refractivity contribution >= 4 is 54.6 Å². The summed E-state index contributed by atoms with van der Waals surface area (Å²) >= 11 is 0. The van der Waals surface area contributed by atoms with Crippen LogP contribution < -0.4 is 9.30 Å². The molecule has 0 atom stereocenters. The topological polar surface area (TPSA) is 40.8 Å². The van der Waals surface area contributed by atoms with E-state index in [1.54, 1.807) is 0 Å². The van der Waals surface area contributed by atoms with E-state index in [9.17, 15) is 0 Å². The van der Waals surface area contributed by atoms with Gasteiger partial charge in [0.15, 0.2) is 0 Å². The summed E-state index contributed by atoms with van der Waals surface area (Å²) in [5.74, 6) is 1.30. The molecule has 10 aromatic carbocycles. The predicted molar refractivity (Wildman–Crippen MR) is 298 cm³/mol. The van der Waals surface area contributed by atoms with E-state index in [1.807, 2.05) is 108 Å². The molecule has 14 aromatic rings. The maximum Gasteiger partial charge on any atom is 0.269 e. The number of benzene rings is 10. The van der Waals surface area contributed by atoms with Crippen LogP contribution in [0.15, 0.2) is 255 Å². The van der Waals surface area contributed by atoms with Crippen molar-refractivity contribution < 1.29 is 20.3 Å². The van der Waals surface area contributed by atoms with Crippen LogP contribution in [0.2, 0.25) is 0 Å². The number of ether oxygens (including phenoxy) is 1. The standard InChI is InChI=1S/C67H45N5O/c1-45-39-66(68-43-59(45)48-23-9-4-10-24-48)72-62-38-35-50(71-60-31-13-11-27-55(60)56-28-12-14-32-61(56)71)41-58(62)57-37-36-52(42-65(57)72)73-51-26-17-25-49(40-51)69-44-70(64-34-16-15-33-63(64)69)67-53(46-19-5-2-6-20-46)29-18-30-54(67)47-21-7-3-8-22-47/h2-43H,1H3/i1D3,4D,9D,10D,23D,24D. The molecule has 0 fully saturated rings. The van der Waals surface area contributed by atoms with Gasteiger partial charge < -0.3 is 9.30 Å². The Morgan fingerprint density at radius 3 is 1.82 bits per heavy atom. The lowest BCUT2D eigenvalue weighted by atomic mass is 9.95. The first-order chi connectivity index (χ1) is 39.4. The van der Waals surface area contributed by atoms with Crippen LogP contribution in [0.1, 0.15) is 16.5 Å². The molecule has 0 aliphatic heterocycles. The zero-order valence-corrected chi connectivity index (χ0v) is 39.0. The summed E-state index contributed by atoms with van der Waals surface area (Å²) in [5, 5.41) is 3.94. The molecule has 4 aromatic heterocycles. The summed E-state index contributed by atoms with van der Waals surface area (Å²) in [5.41, 5.74) is 11.8. The van der Waals surface area contributed by atoms with Crippen LogP contribution in [0.3, 0.4) is 0 Å². The minimum Gasteiger partial charge on any atom is -0.458 e. The third-order valence-corrected chi connectivity index (χ3v) is 13.8. The molecule has 73 heavy (non-hydrogen) atoms. The summed E-state index contributed by atoms with van der Waals surface area (Å²) in [6.45, 7) is -2.78. The Hall–Kier alpha value is -9.78. The summed E-state index contributed by atoms with van der Waals surface area (Å²) in [4.78, 5) is 4.87. The van der Waals surface area contributed by atoms with Gasteiger partial charge in [0.25, 0.3) is 6.33 Å². The van der Waals surface area contributed by atoms with Crippen LogP contribution in [0, 0.1) is 13.2 Å². The molecule has 0 radical (unpaired) electrons. The molecule has 0 aliphatic rings. The summed E-state index contributed by atoms with van der Waals surface area (Å²) in [7, 11) is 0. The van der Waals surface area contributed by atoms with Gasteiger partial charge in [-0.05, 0) is 107 Å². The van der Waals surface area contributed by atoms with Crippen molar-refractivity contribution in [2.45, 2.75) is 6.85 Å². The van der Waals surface area contributed by atoms with Crippen LogP contribution in [0.4, 0.5) is 0 Å². The first-order valence-electron chi connectivity index (χ1n) is 28.0. The van der Waals surface area contributed by atoms with Gasteiger partial charge in [0.1, 0.15) is 17.3 Å². The molecule has 0 amide bonds. The number of pyridine rings is 1. The SMILES string of the molecule is [2H]c1c([2H])c([2H])c(-c2cnc(-n3c4ccc(-n5c6ccccc6c6ccccc65)cc4c4ccc(Oc5cccc(-n6[c-][n+](-c7c(-c8ccccc8)cccc7-c7ccccc7)c7ccccc76)c5)cc43)cc2C([2H])([2H])[2H])c([2H])c1[2H]. The van der Waals surface area contributed by atoms with Crippen molar-refractivity contribution in [3.05, 3.63) is 267 Å². The van der Waals surface area contributed by atoms with Gasteiger partial charge >= 0.3 is 0 Å². The van der Waals surface area contributed by atoms with E-state index < -0.39 is 37.1 Å². The Morgan fingerprint density at radius 2 is 1.10 bits per heavy atom. The largest absolute Gasteiger partial charge is 0.458 e. The predicted octanol–water partition coefficient (Wildman–Crippen LogP) is 16.4. The first kappa shape index (κ1) is 34.5. The molecule has 0 aliphatic carbocycles. The molecular weight excluding hydrogens is 891 g/mol. The Bertz CT molecular complexity index is 4710. The average molecular weight is 944 g/mol. The molecule has 0 saturated carbocycles. The lowest BCUT2D eigenvalue weighted by molar-refractivity contribution is -0.571. The van der Waals surface area contributed by atoms with Crippen molar-refractivity contribution in [1.29, 1.82) is 0 Å². The van der Waals surface area contributed by atoms with Gasteiger partial charge in [-0.3, -0.25) is 13.7 Å². The van der Waals surface area contributed by atoms with Gasteiger partial charge in [-0.15, -0.1) is 0 Å². The Kier molecular flexibility index (Phi) is 8.16. The minimum absolute atomic E-state index is 0.0793. The summed E-state index contributed by atoms with van der Waals surface area (Å²) in [6, 6.07) is 70.6. The number of aryl methyl sites for hydroxylation is 1. The normalized spacial score (nSPS) is 13.4. The Morgan fingerprint density at radius 1 is 0.466 bits per heavy atom. The summed E-state index contributed by atoms with van der Waals surface area (Å²) in [6.07, 6.45) is 5.05. The van der Waals surface area contributed by atoms with Crippen LogP contribution in [0.5, 0.6) is 11.5 Å². The number of hydrogen-bond donors (Lipinski definition) is 0. The fourth-order valence-corrected chi connectivity index (χ4v) is 10.5. The second kappa shape index (κ2) is 17.3. The highest BCUT2D eigenvalue weighted by atomic mass is 16.5. The van der Waals surface area contributed by atoms with Gasteiger partial charge in [0, 0.05) is 49.2 Å². The van der Waals surface area contributed by atoms with E-state index in [0.29, 0.717) is 17.0 Å². The van der Waals surface area contributed by atoms with Crippen LogP contribution in [-0.2, 0) is 0 Å². The first-order valence-corrected chi connectivity index (χ1v) is 24.0. The average Bonchev–Trinajstić information content (AvgIpc) is 4.39. The van der Waals surface area contributed by atoms with E-state index in [-0.39, 0.29) is 22.5 Å². The Balaban J connectivity index is 0.926. The second-order valence-corrected chi connectivity index (χ2v) is 18.0. The zero-order valence-electron chi connectivity index (χ0n) is 47.0. The van der Waals surface area contributed by atoms with Gasteiger partial charge in [0.05, 0.1) is 51.3 Å². The van der Waals surface area contributed by atoms with E-state index >= 15 is 0 Å². The van der Waals surface area contributed by atoms with Crippen LogP contribution in [-0.4, -0.2) is 18.7 Å². The summed E-state index contributed by atoms with van der Waals surface area (Å²) < 4.78 is 84.1.